The third-order valence-electron chi connectivity index (χ3n) is 3.58. The number of likely N-dealkylation sites (N-methyl/N-ethyl adjacent to an activating group) is 1. The molecule has 106 valence electrons. The Kier molecular flexibility index (Phi) is 4.47. The average molecular weight is 272 g/mol. The first-order valence-electron chi connectivity index (χ1n) is 6.54. The van der Waals surface area contributed by atoms with Gasteiger partial charge in [0.1, 0.15) is 0 Å². The molecule has 1 heterocycles. The zero-order valence-electron chi connectivity index (χ0n) is 11.0. The molecule has 0 saturated carbocycles. The van der Waals surface area contributed by atoms with Crippen molar-refractivity contribution >= 4 is 0 Å². The first kappa shape index (κ1) is 14.3. The fourth-order valence-corrected chi connectivity index (χ4v) is 2.47. The molecule has 1 fully saturated rings. The molecule has 0 spiro atoms. The lowest BCUT2D eigenvalue weighted by molar-refractivity contribution is -0.137. The zero-order chi connectivity index (χ0) is 13.9. The first-order valence-corrected chi connectivity index (χ1v) is 6.54. The second-order valence-electron chi connectivity index (χ2n) is 5.11. The van der Waals surface area contributed by atoms with Crippen LogP contribution in [0.15, 0.2) is 24.3 Å². The van der Waals surface area contributed by atoms with Gasteiger partial charge in [0, 0.05) is 19.1 Å². The summed E-state index contributed by atoms with van der Waals surface area (Å²) in [4.78, 5) is 2.13. The fraction of sp³-hybridized carbons (Fsp3) is 0.571. The molecule has 1 atom stereocenters. The predicted molar refractivity (Wildman–Crippen MR) is 68.8 cm³/mol. The van der Waals surface area contributed by atoms with E-state index >= 15 is 0 Å². The van der Waals surface area contributed by atoms with Gasteiger partial charge in [-0.2, -0.15) is 13.2 Å². The minimum atomic E-state index is -4.26. The molecule has 1 aliphatic heterocycles. The summed E-state index contributed by atoms with van der Waals surface area (Å²) in [5.74, 6) is 0. The monoisotopic (exact) mass is 272 g/mol. The first-order chi connectivity index (χ1) is 8.97. The van der Waals surface area contributed by atoms with Gasteiger partial charge in [-0.05, 0) is 38.1 Å². The van der Waals surface area contributed by atoms with Crippen LogP contribution in [0.1, 0.15) is 24.0 Å². The van der Waals surface area contributed by atoms with Crippen LogP contribution >= 0.6 is 0 Å². The molecule has 0 aliphatic carbocycles. The summed E-state index contributed by atoms with van der Waals surface area (Å²) in [5, 5.41) is 3.32. The quantitative estimate of drug-likeness (QED) is 0.910. The van der Waals surface area contributed by atoms with Crippen molar-refractivity contribution in [3.8, 4) is 0 Å². The number of hydrogen-bond acceptors (Lipinski definition) is 2. The molecule has 2 nitrogen and oxygen atoms in total. The van der Waals surface area contributed by atoms with E-state index < -0.39 is 11.7 Å². The van der Waals surface area contributed by atoms with Crippen LogP contribution < -0.4 is 5.32 Å². The molecule has 0 bridgehead atoms. The molecule has 0 radical (unpaired) electrons. The van der Waals surface area contributed by atoms with Gasteiger partial charge in [-0.15, -0.1) is 0 Å². The Morgan fingerprint density at radius 1 is 1.37 bits per heavy atom. The van der Waals surface area contributed by atoms with E-state index in [1.807, 2.05) is 7.05 Å². The SMILES string of the molecule is CN(Cc1cccc(C(F)(F)F)c1)C1CCCNC1. The standard InChI is InChI=1S/C14H19F3N2/c1-19(13-6-3-7-18-9-13)10-11-4-2-5-12(8-11)14(15,16)17/h2,4-5,8,13,18H,3,6-7,9-10H2,1H3. The van der Waals surface area contributed by atoms with Crippen LogP contribution in [0.3, 0.4) is 0 Å². The second kappa shape index (κ2) is 5.92. The molecule has 5 heteroatoms. The molecular weight excluding hydrogens is 253 g/mol. The van der Waals surface area contributed by atoms with Crippen molar-refractivity contribution in [1.82, 2.24) is 10.2 Å². The Hall–Kier alpha value is -1.07. The lowest BCUT2D eigenvalue weighted by Crippen LogP contribution is -2.43. The fourth-order valence-electron chi connectivity index (χ4n) is 2.47. The summed E-state index contributed by atoms with van der Waals surface area (Å²) in [6.07, 6.45) is -2.04. The summed E-state index contributed by atoms with van der Waals surface area (Å²) in [5.41, 5.74) is 0.142. The van der Waals surface area contributed by atoms with Crippen molar-refractivity contribution in [2.24, 2.45) is 0 Å². The molecule has 1 saturated heterocycles. The van der Waals surface area contributed by atoms with Crippen molar-refractivity contribution in [2.75, 3.05) is 20.1 Å². The number of rotatable bonds is 3. The highest BCUT2D eigenvalue weighted by atomic mass is 19.4. The Labute approximate surface area is 111 Å². The molecule has 19 heavy (non-hydrogen) atoms. The Balaban J connectivity index is 2.02. The second-order valence-corrected chi connectivity index (χ2v) is 5.11. The average Bonchev–Trinajstić information content (AvgIpc) is 2.39. The number of benzene rings is 1. The van der Waals surface area contributed by atoms with Gasteiger partial charge in [-0.1, -0.05) is 18.2 Å². The third kappa shape index (κ3) is 3.94. The lowest BCUT2D eigenvalue weighted by atomic mass is 10.0. The predicted octanol–water partition coefficient (Wildman–Crippen LogP) is 2.89. The molecule has 1 unspecified atom stereocenters. The number of nitrogens with one attached hydrogen (secondary N) is 1. The van der Waals surface area contributed by atoms with E-state index in [-0.39, 0.29) is 0 Å². The van der Waals surface area contributed by atoms with Gasteiger partial charge in [-0.3, -0.25) is 4.90 Å². The van der Waals surface area contributed by atoms with Crippen molar-refractivity contribution in [3.63, 3.8) is 0 Å². The van der Waals surface area contributed by atoms with E-state index in [1.54, 1.807) is 6.07 Å². The third-order valence-corrected chi connectivity index (χ3v) is 3.58. The summed E-state index contributed by atoms with van der Waals surface area (Å²) in [6.45, 7) is 2.50. The number of hydrogen-bond donors (Lipinski definition) is 1. The van der Waals surface area contributed by atoms with E-state index in [4.69, 9.17) is 0 Å². The minimum Gasteiger partial charge on any atom is -0.315 e. The van der Waals surface area contributed by atoms with Crippen LogP contribution in [-0.2, 0) is 12.7 Å². The topological polar surface area (TPSA) is 15.3 Å². The number of halogens is 3. The zero-order valence-corrected chi connectivity index (χ0v) is 11.0. The molecule has 1 aromatic rings. The van der Waals surface area contributed by atoms with Gasteiger partial charge in [0.05, 0.1) is 5.56 Å². The van der Waals surface area contributed by atoms with Crippen LogP contribution in [0.4, 0.5) is 13.2 Å². The normalized spacial score (nSPS) is 20.8. The summed E-state index contributed by atoms with van der Waals surface area (Å²) >= 11 is 0. The van der Waals surface area contributed by atoms with Crippen LogP contribution in [-0.4, -0.2) is 31.1 Å². The maximum Gasteiger partial charge on any atom is 0.416 e. The van der Waals surface area contributed by atoms with Crippen LogP contribution in [0, 0.1) is 0 Å². The van der Waals surface area contributed by atoms with Crippen molar-refractivity contribution < 1.29 is 13.2 Å². The van der Waals surface area contributed by atoms with E-state index in [1.165, 1.54) is 12.1 Å². The highest BCUT2D eigenvalue weighted by molar-refractivity contribution is 5.25. The van der Waals surface area contributed by atoms with E-state index in [2.05, 4.69) is 10.2 Å². The minimum absolute atomic E-state index is 0.406. The summed E-state index contributed by atoms with van der Waals surface area (Å²) in [7, 11) is 1.97. The molecule has 0 amide bonds. The summed E-state index contributed by atoms with van der Waals surface area (Å²) in [6, 6.07) is 5.99. The summed E-state index contributed by atoms with van der Waals surface area (Å²) < 4.78 is 37.9. The highest BCUT2D eigenvalue weighted by Crippen LogP contribution is 2.29. The van der Waals surface area contributed by atoms with Crippen LogP contribution in [0.2, 0.25) is 0 Å². The van der Waals surface area contributed by atoms with Crippen LogP contribution in [0.25, 0.3) is 0 Å². The van der Waals surface area contributed by atoms with Crippen molar-refractivity contribution in [1.29, 1.82) is 0 Å². The van der Waals surface area contributed by atoms with Gasteiger partial charge < -0.3 is 5.32 Å². The highest BCUT2D eigenvalue weighted by Gasteiger charge is 2.30. The largest absolute Gasteiger partial charge is 0.416 e. The van der Waals surface area contributed by atoms with E-state index in [0.717, 1.165) is 32.0 Å². The molecule has 2 rings (SSSR count). The van der Waals surface area contributed by atoms with Gasteiger partial charge in [0.15, 0.2) is 0 Å². The van der Waals surface area contributed by atoms with Gasteiger partial charge in [0.2, 0.25) is 0 Å². The molecule has 0 aromatic heterocycles. The maximum atomic E-state index is 12.6. The molecule has 1 aliphatic rings. The van der Waals surface area contributed by atoms with Crippen molar-refractivity contribution in [2.45, 2.75) is 31.6 Å². The maximum absolute atomic E-state index is 12.6. The Morgan fingerprint density at radius 3 is 2.79 bits per heavy atom. The lowest BCUT2D eigenvalue weighted by Gasteiger charge is -2.31. The van der Waals surface area contributed by atoms with E-state index in [9.17, 15) is 13.2 Å². The number of alkyl halides is 3. The van der Waals surface area contributed by atoms with Gasteiger partial charge in [-0.25, -0.2) is 0 Å². The molecule has 1 aromatic carbocycles. The number of nitrogens with zero attached hydrogens (tertiary/aromatic N) is 1. The Morgan fingerprint density at radius 2 is 2.16 bits per heavy atom. The van der Waals surface area contributed by atoms with Gasteiger partial charge in [0.25, 0.3) is 0 Å². The van der Waals surface area contributed by atoms with E-state index in [0.29, 0.717) is 18.2 Å². The Bertz CT molecular complexity index is 411. The number of piperidine rings is 1. The van der Waals surface area contributed by atoms with Crippen molar-refractivity contribution in [3.05, 3.63) is 35.4 Å². The molecule has 1 N–H and O–H groups in total. The van der Waals surface area contributed by atoms with Crippen LogP contribution in [0.5, 0.6) is 0 Å². The molecular formula is C14H19F3N2. The van der Waals surface area contributed by atoms with Gasteiger partial charge >= 0.3 is 6.18 Å². The smallest absolute Gasteiger partial charge is 0.315 e.